The first kappa shape index (κ1) is 13.3. The van der Waals surface area contributed by atoms with Gasteiger partial charge in [-0.05, 0) is 49.5 Å². The van der Waals surface area contributed by atoms with E-state index in [0.29, 0.717) is 18.5 Å². The fourth-order valence-corrected chi connectivity index (χ4v) is 4.98. The summed E-state index contributed by atoms with van der Waals surface area (Å²) in [6.45, 7) is 2.75. The van der Waals surface area contributed by atoms with Gasteiger partial charge in [0.25, 0.3) is 0 Å². The van der Waals surface area contributed by atoms with Gasteiger partial charge in [-0.2, -0.15) is 0 Å². The van der Waals surface area contributed by atoms with E-state index in [4.69, 9.17) is 0 Å². The summed E-state index contributed by atoms with van der Waals surface area (Å²) in [5.74, 6) is 2.76. The third kappa shape index (κ3) is 2.18. The second kappa shape index (κ2) is 5.13. The summed E-state index contributed by atoms with van der Waals surface area (Å²) in [7, 11) is 0. The van der Waals surface area contributed by atoms with E-state index >= 15 is 0 Å². The molecule has 2 saturated carbocycles. The number of nitrogens with zero attached hydrogens (tertiary/aromatic N) is 1. The van der Waals surface area contributed by atoms with Crippen molar-refractivity contribution in [1.82, 2.24) is 10.2 Å². The fourth-order valence-electron chi connectivity index (χ4n) is 4.98. The maximum absolute atomic E-state index is 12.4. The molecule has 1 heterocycles. The van der Waals surface area contributed by atoms with E-state index in [0.717, 1.165) is 11.8 Å². The molecule has 5 unspecified atom stereocenters. The predicted octanol–water partition coefficient (Wildman–Crippen LogP) is 2.94. The number of rotatable bonds is 3. The molecule has 1 aliphatic heterocycles. The molecule has 21 heavy (non-hydrogen) atoms. The summed E-state index contributed by atoms with van der Waals surface area (Å²) < 4.78 is 0. The Morgan fingerprint density at radius 3 is 2.67 bits per heavy atom. The highest BCUT2D eigenvalue weighted by molar-refractivity contribution is 5.81. The van der Waals surface area contributed by atoms with Gasteiger partial charge in [-0.15, -0.1) is 0 Å². The van der Waals surface area contributed by atoms with Gasteiger partial charge >= 0.3 is 0 Å². The Morgan fingerprint density at radius 2 is 2.00 bits per heavy atom. The van der Waals surface area contributed by atoms with Gasteiger partial charge in [0, 0.05) is 6.04 Å². The van der Waals surface area contributed by atoms with Crippen LogP contribution in [0.4, 0.5) is 0 Å². The fraction of sp³-hybridized carbons (Fsp3) is 0.611. The monoisotopic (exact) mass is 284 g/mol. The van der Waals surface area contributed by atoms with E-state index in [2.05, 4.69) is 41.4 Å². The minimum atomic E-state index is 0.0628. The van der Waals surface area contributed by atoms with Gasteiger partial charge in [-0.3, -0.25) is 10.1 Å². The third-order valence-corrected chi connectivity index (χ3v) is 5.98. The Hall–Kier alpha value is -1.35. The lowest BCUT2D eigenvalue weighted by molar-refractivity contribution is -0.131. The highest BCUT2D eigenvalue weighted by Gasteiger charge is 2.46. The lowest BCUT2D eigenvalue weighted by Crippen LogP contribution is -2.43. The predicted molar refractivity (Wildman–Crippen MR) is 82.4 cm³/mol. The van der Waals surface area contributed by atoms with E-state index in [-0.39, 0.29) is 12.1 Å². The standard InChI is InChI=1S/C18H24N2O/c1-12(16-10-13-7-8-15(16)9-13)20-17(21)11-19-18(20)14-5-3-2-4-6-14/h2-6,12-13,15-16,18-19H,7-11H2,1H3. The summed E-state index contributed by atoms with van der Waals surface area (Å²) in [5.41, 5.74) is 1.21. The molecular formula is C18H24N2O. The number of carbonyl (C=O) groups excluding carboxylic acids is 1. The van der Waals surface area contributed by atoms with Gasteiger partial charge in [0.05, 0.1) is 6.54 Å². The second-order valence-corrected chi connectivity index (χ2v) is 7.07. The van der Waals surface area contributed by atoms with Crippen molar-refractivity contribution in [2.45, 2.75) is 44.8 Å². The third-order valence-electron chi connectivity index (χ3n) is 5.98. The summed E-state index contributed by atoms with van der Waals surface area (Å²) in [6.07, 6.45) is 5.60. The van der Waals surface area contributed by atoms with Crippen LogP contribution in [0.5, 0.6) is 0 Å². The van der Waals surface area contributed by atoms with Crippen LogP contribution in [0.3, 0.4) is 0 Å². The molecule has 1 N–H and O–H groups in total. The zero-order valence-corrected chi connectivity index (χ0v) is 12.7. The Labute approximate surface area is 126 Å². The summed E-state index contributed by atoms with van der Waals surface area (Å²) >= 11 is 0. The number of benzene rings is 1. The van der Waals surface area contributed by atoms with Gasteiger partial charge in [0.1, 0.15) is 6.17 Å². The highest BCUT2D eigenvalue weighted by atomic mass is 16.2. The molecule has 3 heteroatoms. The average molecular weight is 284 g/mol. The van der Waals surface area contributed by atoms with Crippen molar-refractivity contribution in [2.24, 2.45) is 17.8 Å². The van der Waals surface area contributed by atoms with Crippen LogP contribution in [0, 0.1) is 17.8 Å². The molecule has 3 aliphatic rings. The molecule has 2 bridgehead atoms. The first-order valence-corrected chi connectivity index (χ1v) is 8.33. The maximum Gasteiger partial charge on any atom is 0.238 e. The van der Waals surface area contributed by atoms with E-state index < -0.39 is 0 Å². The molecule has 0 spiro atoms. The van der Waals surface area contributed by atoms with Crippen molar-refractivity contribution in [3.63, 3.8) is 0 Å². The molecule has 2 aliphatic carbocycles. The maximum atomic E-state index is 12.4. The molecular weight excluding hydrogens is 260 g/mol. The van der Waals surface area contributed by atoms with Gasteiger partial charge in [0.15, 0.2) is 0 Å². The molecule has 3 fully saturated rings. The molecule has 1 amide bonds. The SMILES string of the molecule is CC(C1CC2CCC1C2)N1C(=O)CNC1c1ccccc1. The summed E-state index contributed by atoms with van der Waals surface area (Å²) in [5, 5.41) is 3.40. The van der Waals surface area contributed by atoms with Crippen LogP contribution >= 0.6 is 0 Å². The first-order chi connectivity index (χ1) is 10.2. The van der Waals surface area contributed by atoms with Crippen molar-refractivity contribution in [3.05, 3.63) is 35.9 Å². The molecule has 0 aromatic heterocycles. The number of fused-ring (bicyclic) bond motifs is 2. The van der Waals surface area contributed by atoms with Crippen molar-refractivity contribution < 1.29 is 4.79 Å². The van der Waals surface area contributed by atoms with Crippen LogP contribution in [-0.4, -0.2) is 23.4 Å². The Morgan fingerprint density at radius 1 is 1.19 bits per heavy atom. The Kier molecular flexibility index (Phi) is 3.26. The average Bonchev–Trinajstić information content (AvgIpc) is 3.22. The molecule has 1 saturated heterocycles. The number of carbonyl (C=O) groups is 1. The first-order valence-electron chi connectivity index (χ1n) is 8.33. The molecule has 112 valence electrons. The molecule has 1 aromatic carbocycles. The lowest BCUT2D eigenvalue weighted by Gasteiger charge is -2.37. The summed E-state index contributed by atoms with van der Waals surface area (Å²) in [6, 6.07) is 10.7. The number of amides is 1. The van der Waals surface area contributed by atoms with Gasteiger partial charge in [0.2, 0.25) is 5.91 Å². The van der Waals surface area contributed by atoms with E-state index in [9.17, 15) is 4.79 Å². The van der Waals surface area contributed by atoms with E-state index in [1.165, 1.54) is 31.2 Å². The largest absolute Gasteiger partial charge is 0.319 e. The molecule has 1 aromatic rings. The van der Waals surface area contributed by atoms with Gasteiger partial charge in [-0.1, -0.05) is 36.8 Å². The minimum absolute atomic E-state index is 0.0628. The molecule has 5 atom stereocenters. The highest BCUT2D eigenvalue weighted by Crippen LogP contribution is 2.51. The molecule has 3 nitrogen and oxygen atoms in total. The number of hydrogen-bond acceptors (Lipinski definition) is 2. The zero-order chi connectivity index (χ0) is 14.4. The van der Waals surface area contributed by atoms with Crippen molar-refractivity contribution in [1.29, 1.82) is 0 Å². The van der Waals surface area contributed by atoms with Crippen LogP contribution < -0.4 is 5.32 Å². The van der Waals surface area contributed by atoms with Gasteiger partial charge < -0.3 is 4.90 Å². The van der Waals surface area contributed by atoms with E-state index in [1.54, 1.807) is 0 Å². The van der Waals surface area contributed by atoms with Crippen LogP contribution in [0.25, 0.3) is 0 Å². The normalized spacial score (nSPS) is 36.4. The van der Waals surface area contributed by atoms with Crippen molar-refractivity contribution >= 4 is 5.91 Å². The van der Waals surface area contributed by atoms with Crippen LogP contribution in [0.1, 0.15) is 44.3 Å². The number of nitrogens with one attached hydrogen (secondary N) is 1. The van der Waals surface area contributed by atoms with Crippen molar-refractivity contribution in [2.75, 3.05) is 6.54 Å². The molecule has 4 rings (SSSR count). The Balaban J connectivity index is 1.58. The van der Waals surface area contributed by atoms with Crippen LogP contribution in [0.15, 0.2) is 30.3 Å². The van der Waals surface area contributed by atoms with Crippen molar-refractivity contribution in [3.8, 4) is 0 Å². The second-order valence-electron chi connectivity index (χ2n) is 7.07. The zero-order valence-electron chi connectivity index (χ0n) is 12.7. The smallest absolute Gasteiger partial charge is 0.238 e. The number of hydrogen-bond donors (Lipinski definition) is 1. The minimum Gasteiger partial charge on any atom is -0.319 e. The topological polar surface area (TPSA) is 32.3 Å². The summed E-state index contributed by atoms with van der Waals surface area (Å²) in [4.78, 5) is 14.6. The quantitative estimate of drug-likeness (QED) is 0.925. The molecule has 0 radical (unpaired) electrons. The lowest BCUT2D eigenvalue weighted by atomic mass is 9.83. The Bertz CT molecular complexity index is 529. The van der Waals surface area contributed by atoms with Gasteiger partial charge in [-0.25, -0.2) is 0 Å². The van der Waals surface area contributed by atoms with Crippen LogP contribution in [0.2, 0.25) is 0 Å². The van der Waals surface area contributed by atoms with Crippen LogP contribution in [-0.2, 0) is 4.79 Å². The van der Waals surface area contributed by atoms with E-state index in [1.807, 2.05) is 6.07 Å².